The molecule has 8 nitrogen and oxygen atoms in total. The first-order chi connectivity index (χ1) is 16.4. The molecule has 0 atom stereocenters. The van der Waals surface area contributed by atoms with Gasteiger partial charge in [0.15, 0.2) is 5.11 Å². The summed E-state index contributed by atoms with van der Waals surface area (Å²) in [5, 5.41) is 8.48. The Balaban J connectivity index is 1.48. The molecule has 0 aliphatic carbocycles. The molecular formula is C24H29N5O3S2. The molecule has 0 amide bonds. The Morgan fingerprint density at radius 2 is 1.88 bits per heavy atom. The number of aromatic nitrogens is 1. The third-order valence-electron chi connectivity index (χ3n) is 5.74. The van der Waals surface area contributed by atoms with Crippen LogP contribution < -0.4 is 15.5 Å². The first kappa shape index (κ1) is 24.2. The van der Waals surface area contributed by atoms with Crippen molar-refractivity contribution < 1.29 is 13.2 Å². The van der Waals surface area contributed by atoms with E-state index in [1.165, 1.54) is 0 Å². The monoisotopic (exact) mass is 499 g/mol. The summed E-state index contributed by atoms with van der Waals surface area (Å²) in [5.74, 6) is 0.794. The first-order valence-corrected chi connectivity index (χ1v) is 13.2. The molecule has 34 heavy (non-hydrogen) atoms. The first-order valence-electron chi connectivity index (χ1n) is 11.3. The molecule has 1 saturated heterocycles. The van der Waals surface area contributed by atoms with Gasteiger partial charge in [0.25, 0.3) is 0 Å². The molecule has 1 fully saturated rings. The lowest BCUT2D eigenvalue weighted by atomic mass is 10.2. The molecule has 0 saturated carbocycles. The summed E-state index contributed by atoms with van der Waals surface area (Å²) in [7, 11) is -1.59. The van der Waals surface area contributed by atoms with Crippen LogP contribution in [0.5, 0.6) is 5.75 Å². The maximum atomic E-state index is 13.1. The molecule has 0 bridgehead atoms. The van der Waals surface area contributed by atoms with Crippen molar-refractivity contribution in [3.05, 3.63) is 54.2 Å². The van der Waals surface area contributed by atoms with E-state index in [9.17, 15) is 8.42 Å². The number of benzene rings is 2. The average Bonchev–Trinajstić information content (AvgIpc) is 3.16. The van der Waals surface area contributed by atoms with Crippen molar-refractivity contribution in [1.29, 1.82) is 0 Å². The Morgan fingerprint density at radius 3 is 2.59 bits per heavy atom. The molecule has 180 valence electrons. The lowest BCUT2D eigenvalue weighted by Gasteiger charge is -2.25. The van der Waals surface area contributed by atoms with Gasteiger partial charge in [-0.1, -0.05) is 6.42 Å². The molecule has 1 aliphatic heterocycles. The second-order valence-electron chi connectivity index (χ2n) is 8.12. The van der Waals surface area contributed by atoms with Crippen molar-refractivity contribution in [1.82, 2.24) is 14.3 Å². The number of hydrogen-bond acceptors (Lipinski definition) is 5. The van der Waals surface area contributed by atoms with Crippen LogP contribution in [0, 0.1) is 0 Å². The highest BCUT2D eigenvalue weighted by Crippen LogP contribution is 2.26. The minimum absolute atomic E-state index is 0.309. The molecule has 2 N–H and O–H groups in total. The lowest BCUT2D eigenvalue weighted by Crippen LogP contribution is -2.35. The molecule has 0 unspecified atom stereocenters. The van der Waals surface area contributed by atoms with Crippen LogP contribution in [0.2, 0.25) is 0 Å². The van der Waals surface area contributed by atoms with Crippen molar-refractivity contribution in [2.75, 3.05) is 25.0 Å². The number of hydrogen-bond donors (Lipinski definition) is 2. The number of nitrogens with zero attached hydrogens (tertiary/aromatic N) is 3. The van der Waals surface area contributed by atoms with Crippen LogP contribution in [-0.2, 0) is 17.1 Å². The van der Waals surface area contributed by atoms with Crippen molar-refractivity contribution in [2.45, 2.75) is 31.1 Å². The second kappa shape index (κ2) is 10.5. The van der Waals surface area contributed by atoms with E-state index in [1.807, 2.05) is 55.1 Å². The fraction of sp³-hybridized carbons (Fsp3) is 0.333. The standard InChI is InChI=1S/C24H29N5O3S2/c1-3-32-20-9-7-19(8-10-20)26-24(33)27-25-16-18-17-28(2)23-12-11-21(15-22(18)23)34(30,31)29-13-5-4-6-14-29/h7-12,15-17H,3-6,13-14H2,1-2H3,(H2,26,27,33). The maximum Gasteiger partial charge on any atom is 0.243 e. The Kier molecular flexibility index (Phi) is 7.50. The fourth-order valence-electron chi connectivity index (χ4n) is 4.04. The van der Waals surface area contributed by atoms with E-state index in [4.69, 9.17) is 17.0 Å². The normalized spacial score (nSPS) is 15.0. The minimum Gasteiger partial charge on any atom is -0.494 e. The van der Waals surface area contributed by atoms with Gasteiger partial charge < -0.3 is 14.6 Å². The van der Waals surface area contributed by atoms with Crippen LogP contribution in [0.3, 0.4) is 0 Å². The number of aryl methyl sites for hydroxylation is 1. The van der Waals surface area contributed by atoms with E-state index < -0.39 is 10.0 Å². The molecule has 0 radical (unpaired) electrons. The number of sulfonamides is 1. The Bertz CT molecular complexity index is 1290. The van der Waals surface area contributed by atoms with Gasteiger partial charge in [0.05, 0.1) is 17.7 Å². The largest absolute Gasteiger partial charge is 0.494 e. The van der Waals surface area contributed by atoms with Crippen LogP contribution in [0.25, 0.3) is 10.9 Å². The number of anilines is 1. The summed E-state index contributed by atoms with van der Waals surface area (Å²) in [5.41, 5.74) is 5.35. The molecular weight excluding hydrogens is 470 g/mol. The number of fused-ring (bicyclic) bond motifs is 1. The molecule has 1 aromatic heterocycles. The van der Waals surface area contributed by atoms with Gasteiger partial charge >= 0.3 is 0 Å². The summed E-state index contributed by atoms with van der Waals surface area (Å²) < 4.78 is 35.2. The van der Waals surface area contributed by atoms with Gasteiger partial charge in [-0.05, 0) is 74.4 Å². The number of nitrogens with one attached hydrogen (secondary N) is 2. The van der Waals surface area contributed by atoms with Gasteiger partial charge in [-0.15, -0.1) is 0 Å². The summed E-state index contributed by atoms with van der Waals surface area (Å²) in [4.78, 5) is 0.309. The highest BCUT2D eigenvalue weighted by atomic mass is 32.2. The van der Waals surface area contributed by atoms with Gasteiger partial charge in [-0.25, -0.2) is 8.42 Å². The number of piperidine rings is 1. The van der Waals surface area contributed by atoms with Crippen molar-refractivity contribution in [3.8, 4) is 5.75 Å². The molecule has 1 aliphatic rings. The van der Waals surface area contributed by atoms with Crippen molar-refractivity contribution in [2.24, 2.45) is 12.1 Å². The number of thiocarbonyl (C=S) groups is 1. The topological polar surface area (TPSA) is 88.0 Å². The van der Waals surface area contributed by atoms with Crippen LogP contribution in [0.1, 0.15) is 31.7 Å². The summed E-state index contributed by atoms with van der Waals surface area (Å²) in [6.45, 7) is 3.70. The average molecular weight is 500 g/mol. The quantitative estimate of drug-likeness (QED) is 0.289. The summed E-state index contributed by atoms with van der Waals surface area (Å²) in [6, 6.07) is 12.7. The Morgan fingerprint density at radius 1 is 1.15 bits per heavy atom. The molecule has 3 aromatic rings. The second-order valence-corrected chi connectivity index (χ2v) is 10.5. The van der Waals surface area contributed by atoms with Gasteiger partial charge in [-0.2, -0.15) is 9.41 Å². The third kappa shape index (κ3) is 5.40. The third-order valence-corrected chi connectivity index (χ3v) is 7.83. The van der Waals surface area contributed by atoms with E-state index in [-0.39, 0.29) is 0 Å². The van der Waals surface area contributed by atoms with Gasteiger partial charge in [0.1, 0.15) is 5.75 Å². The van der Waals surface area contributed by atoms with Crippen LogP contribution in [-0.4, -0.2) is 48.3 Å². The van der Waals surface area contributed by atoms with Gasteiger partial charge in [0, 0.05) is 48.5 Å². The predicted octanol–water partition coefficient (Wildman–Crippen LogP) is 4.07. The highest BCUT2D eigenvalue weighted by Gasteiger charge is 2.26. The van der Waals surface area contributed by atoms with E-state index in [0.717, 1.165) is 47.2 Å². The predicted molar refractivity (Wildman–Crippen MR) is 140 cm³/mol. The van der Waals surface area contributed by atoms with Crippen LogP contribution in [0.4, 0.5) is 5.69 Å². The maximum absolute atomic E-state index is 13.1. The summed E-state index contributed by atoms with van der Waals surface area (Å²) >= 11 is 5.32. The van der Waals surface area contributed by atoms with Crippen LogP contribution in [0.15, 0.2) is 58.7 Å². The minimum atomic E-state index is -3.51. The van der Waals surface area contributed by atoms with Gasteiger partial charge in [-0.3, -0.25) is 5.43 Å². The van der Waals surface area contributed by atoms with E-state index >= 15 is 0 Å². The zero-order chi connectivity index (χ0) is 24.1. The van der Waals surface area contributed by atoms with Gasteiger partial charge in [0.2, 0.25) is 10.0 Å². The summed E-state index contributed by atoms with van der Waals surface area (Å²) in [6.07, 6.45) is 6.44. The molecule has 0 spiro atoms. The molecule has 2 aromatic carbocycles. The van der Waals surface area contributed by atoms with E-state index in [0.29, 0.717) is 29.7 Å². The van der Waals surface area contributed by atoms with E-state index in [2.05, 4.69) is 15.8 Å². The Labute approximate surface area is 205 Å². The fourth-order valence-corrected chi connectivity index (χ4v) is 5.75. The van der Waals surface area contributed by atoms with Crippen molar-refractivity contribution >= 4 is 50.2 Å². The number of rotatable bonds is 7. The molecule has 4 rings (SSSR count). The van der Waals surface area contributed by atoms with Crippen molar-refractivity contribution in [3.63, 3.8) is 0 Å². The van der Waals surface area contributed by atoms with E-state index in [1.54, 1.807) is 22.7 Å². The molecule has 10 heteroatoms. The lowest BCUT2D eigenvalue weighted by molar-refractivity contribution is 0.340. The number of hydrazone groups is 1. The SMILES string of the molecule is CCOc1ccc(NC(=S)NN=Cc2cn(C)c3ccc(S(=O)(=O)N4CCCCC4)cc23)cc1. The van der Waals surface area contributed by atoms with Crippen LogP contribution >= 0.6 is 12.2 Å². The highest BCUT2D eigenvalue weighted by molar-refractivity contribution is 7.89. The molecule has 2 heterocycles. The zero-order valence-electron chi connectivity index (χ0n) is 19.3. The zero-order valence-corrected chi connectivity index (χ0v) is 21.0. The Hall–Kier alpha value is -2.95. The number of ether oxygens (including phenoxy) is 1. The smallest absolute Gasteiger partial charge is 0.243 e.